The molecule has 0 saturated carbocycles. The lowest BCUT2D eigenvalue weighted by Crippen LogP contribution is -2.45. The van der Waals surface area contributed by atoms with Crippen LogP contribution >= 0.6 is 0 Å². The first-order chi connectivity index (χ1) is 8.92. The molecule has 19 heavy (non-hydrogen) atoms. The number of hydrogen-bond donors (Lipinski definition) is 1. The van der Waals surface area contributed by atoms with E-state index in [0.717, 1.165) is 38.9 Å². The molecule has 6 heteroatoms. The van der Waals surface area contributed by atoms with E-state index in [4.69, 9.17) is 0 Å². The lowest BCUT2D eigenvalue weighted by atomic mass is 9.91. The van der Waals surface area contributed by atoms with Crippen molar-refractivity contribution in [2.45, 2.75) is 45.5 Å². The molecule has 2 unspecified atom stereocenters. The molecule has 114 valence electrons. The molecular weight excluding hydrogens is 257 g/mol. The molecular formula is C13H25F3N2O. The summed E-state index contributed by atoms with van der Waals surface area (Å²) in [5, 5.41) is 3.46. The standard InChI is InChI=1S/C13H25F3N2O/c1-3-6-17-11(2)12-5-4-7-18(10-12)8-9-19-13(14,15)16/h11-12,17H,3-10H2,1-2H3. The summed E-state index contributed by atoms with van der Waals surface area (Å²) in [6, 6.07) is 0.422. The van der Waals surface area contributed by atoms with Crippen LogP contribution in [0.5, 0.6) is 0 Å². The lowest BCUT2D eigenvalue weighted by molar-refractivity contribution is -0.325. The normalized spacial score (nSPS) is 23.5. The SMILES string of the molecule is CCCNC(C)C1CCCN(CCOC(F)(F)F)C1. The Balaban J connectivity index is 2.25. The molecule has 0 amide bonds. The van der Waals surface area contributed by atoms with Crippen LogP contribution in [0.15, 0.2) is 0 Å². The first-order valence-electron chi connectivity index (χ1n) is 7.08. The van der Waals surface area contributed by atoms with E-state index in [9.17, 15) is 13.2 Å². The maximum Gasteiger partial charge on any atom is 0.522 e. The average molecular weight is 282 g/mol. The fourth-order valence-electron chi connectivity index (χ4n) is 2.53. The van der Waals surface area contributed by atoms with Crippen molar-refractivity contribution < 1.29 is 17.9 Å². The summed E-state index contributed by atoms with van der Waals surface area (Å²) in [6.07, 6.45) is -1.21. The largest absolute Gasteiger partial charge is 0.522 e. The van der Waals surface area contributed by atoms with E-state index in [1.54, 1.807) is 0 Å². The summed E-state index contributed by atoms with van der Waals surface area (Å²) in [5.41, 5.74) is 0. The molecule has 3 nitrogen and oxygen atoms in total. The van der Waals surface area contributed by atoms with E-state index in [2.05, 4.69) is 28.8 Å². The van der Waals surface area contributed by atoms with Crippen LogP contribution in [0.4, 0.5) is 13.2 Å². The number of hydrogen-bond acceptors (Lipinski definition) is 3. The number of likely N-dealkylation sites (tertiary alicyclic amines) is 1. The van der Waals surface area contributed by atoms with Gasteiger partial charge in [-0.3, -0.25) is 4.74 Å². The van der Waals surface area contributed by atoms with Gasteiger partial charge in [0.15, 0.2) is 0 Å². The Labute approximate surface area is 113 Å². The predicted octanol–water partition coefficient (Wildman–Crippen LogP) is 2.62. The third-order valence-electron chi connectivity index (χ3n) is 3.64. The Morgan fingerprint density at radius 2 is 2.16 bits per heavy atom. The molecule has 2 atom stereocenters. The summed E-state index contributed by atoms with van der Waals surface area (Å²) >= 11 is 0. The Morgan fingerprint density at radius 3 is 2.79 bits per heavy atom. The third-order valence-corrected chi connectivity index (χ3v) is 3.64. The van der Waals surface area contributed by atoms with Crippen LogP contribution < -0.4 is 5.32 Å². The fourth-order valence-corrected chi connectivity index (χ4v) is 2.53. The highest BCUT2D eigenvalue weighted by Gasteiger charge is 2.30. The minimum Gasteiger partial charge on any atom is -0.314 e. The van der Waals surface area contributed by atoms with Crippen LogP contribution in [-0.2, 0) is 4.74 Å². The Hall–Kier alpha value is -0.330. The average Bonchev–Trinajstić information content (AvgIpc) is 2.35. The van der Waals surface area contributed by atoms with Crippen molar-refractivity contribution >= 4 is 0 Å². The number of ether oxygens (including phenoxy) is 1. The van der Waals surface area contributed by atoms with E-state index in [1.807, 2.05) is 0 Å². The van der Waals surface area contributed by atoms with E-state index < -0.39 is 6.36 Å². The zero-order valence-electron chi connectivity index (χ0n) is 11.8. The molecule has 1 fully saturated rings. The molecule has 0 spiro atoms. The summed E-state index contributed by atoms with van der Waals surface area (Å²) in [4.78, 5) is 2.07. The van der Waals surface area contributed by atoms with Crippen molar-refractivity contribution in [1.82, 2.24) is 10.2 Å². The molecule has 1 rings (SSSR count). The number of nitrogens with one attached hydrogen (secondary N) is 1. The Bertz CT molecular complexity index is 249. The molecule has 1 saturated heterocycles. The van der Waals surface area contributed by atoms with Crippen molar-refractivity contribution in [3.8, 4) is 0 Å². The van der Waals surface area contributed by atoms with Gasteiger partial charge in [-0.2, -0.15) is 0 Å². The van der Waals surface area contributed by atoms with Gasteiger partial charge in [-0.1, -0.05) is 6.92 Å². The first-order valence-corrected chi connectivity index (χ1v) is 7.08. The van der Waals surface area contributed by atoms with Gasteiger partial charge >= 0.3 is 6.36 Å². The molecule has 1 N–H and O–H groups in total. The van der Waals surface area contributed by atoms with Gasteiger partial charge in [0.05, 0.1) is 6.61 Å². The number of alkyl halides is 3. The van der Waals surface area contributed by atoms with Crippen LogP contribution in [-0.4, -0.2) is 50.1 Å². The van der Waals surface area contributed by atoms with Crippen LogP contribution in [0.25, 0.3) is 0 Å². The Kier molecular flexibility index (Phi) is 7.10. The number of halogens is 3. The predicted molar refractivity (Wildman–Crippen MR) is 68.9 cm³/mol. The van der Waals surface area contributed by atoms with Gasteiger partial charge in [0, 0.05) is 19.1 Å². The van der Waals surface area contributed by atoms with E-state index in [0.29, 0.717) is 18.5 Å². The molecule has 0 aliphatic carbocycles. The van der Waals surface area contributed by atoms with Crippen molar-refractivity contribution in [3.63, 3.8) is 0 Å². The van der Waals surface area contributed by atoms with E-state index in [1.165, 1.54) is 0 Å². The quantitative estimate of drug-likeness (QED) is 0.777. The second-order valence-electron chi connectivity index (χ2n) is 5.24. The van der Waals surface area contributed by atoms with Gasteiger partial charge in [-0.05, 0) is 45.2 Å². The molecule has 0 aromatic heterocycles. The van der Waals surface area contributed by atoms with Crippen molar-refractivity contribution in [2.75, 3.05) is 32.8 Å². The van der Waals surface area contributed by atoms with Crippen LogP contribution in [0.1, 0.15) is 33.1 Å². The summed E-state index contributed by atoms with van der Waals surface area (Å²) < 4.78 is 39.5. The summed E-state index contributed by atoms with van der Waals surface area (Å²) in [7, 11) is 0. The first kappa shape index (κ1) is 16.7. The van der Waals surface area contributed by atoms with Crippen molar-refractivity contribution in [2.24, 2.45) is 5.92 Å². The smallest absolute Gasteiger partial charge is 0.314 e. The minimum atomic E-state index is -4.51. The second kappa shape index (κ2) is 8.07. The van der Waals surface area contributed by atoms with Gasteiger partial charge in [-0.15, -0.1) is 13.2 Å². The van der Waals surface area contributed by atoms with Crippen molar-refractivity contribution in [1.29, 1.82) is 0 Å². The molecule has 0 bridgehead atoms. The van der Waals surface area contributed by atoms with Gasteiger partial charge in [0.25, 0.3) is 0 Å². The Morgan fingerprint density at radius 1 is 1.42 bits per heavy atom. The topological polar surface area (TPSA) is 24.5 Å². The van der Waals surface area contributed by atoms with E-state index in [-0.39, 0.29) is 6.61 Å². The maximum atomic E-state index is 11.9. The molecule has 1 heterocycles. The highest BCUT2D eigenvalue weighted by molar-refractivity contribution is 4.80. The maximum absolute atomic E-state index is 11.9. The molecule has 0 aromatic carbocycles. The van der Waals surface area contributed by atoms with Gasteiger partial charge in [0.1, 0.15) is 0 Å². The molecule has 0 aromatic rings. The highest BCUT2D eigenvalue weighted by atomic mass is 19.4. The van der Waals surface area contributed by atoms with Crippen molar-refractivity contribution in [3.05, 3.63) is 0 Å². The summed E-state index contributed by atoms with van der Waals surface area (Å²) in [5.74, 6) is 0.520. The van der Waals surface area contributed by atoms with Gasteiger partial charge < -0.3 is 10.2 Å². The zero-order valence-corrected chi connectivity index (χ0v) is 11.8. The van der Waals surface area contributed by atoms with Crippen LogP contribution in [0.3, 0.4) is 0 Å². The molecule has 1 aliphatic heterocycles. The van der Waals surface area contributed by atoms with Crippen LogP contribution in [0.2, 0.25) is 0 Å². The molecule has 1 aliphatic rings. The minimum absolute atomic E-state index is 0.271. The lowest BCUT2D eigenvalue weighted by Gasteiger charge is -2.36. The highest BCUT2D eigenvalue weighted by Crippen LogP contribution is 2.20. The van der Waals surface area contributed by atoms with E-state index >= 15 is 0 Å². The number of nitrogens with zero attached hydrogens (tertiary/aromatic N) is 1. The fraction of sp³-hybridized carbons (Fsp3) is 1.00. The third kappa shape index (κ3) is 7.13. The zero-order chi connectivity index (χ0) is 14.3. The summed E-state index contributed by atoms with van der Waals surface area (Å²) in [6.45, 7) is 7.10. The van der Waals surface area contributed by atoms with Gasteiger partial charge in [0.2, 0.25) is 0 Å². The van der Waals surface area contributed by atoms with Gasteiger partial charge in [-0.25, -0.2) is 0 Å². The second-order valence-corrected chi connectivity index (χ2v) is 5.24. The number of rotatable bonds is 7. The monoisotopic (exact) mass is 282 g/mol. The van der Waals surface area contributed by atoms with Crippen LogP contribution in [0, 0.1) is 5.92 Å². The molecule has 0 radical (unpaired) electrons. The number of piperidine rings is 1.